The van der Waals surface area contributed by atoms with E-state index >= 15 is 0 Å². The van der Waals surface area contributed by atoms with Crippen LogP contribution < -0.4 is 10.2 Å². The molecule has 0 saturated heterocycles. The smallest absolute Gasteiger partial charge is 0.325 e. The summed E-state index contributed by atoms with van der Waals surface area (Å²) in [4.78, 5) is 25.6. The molecule has 0 unspecified atom stereocenters. The zero-order valence-corrected chi connectivity index (χ0v) is 16.0. The molecule has 28 heavy (non-hydrogen) atoms. The number of para-hydroxylation sites is 1. The summed E-state index contributed by atoms with van der Waals surface area (Å²) in [6, 6.07) is 12.2. The highest BCUT2D eigenvalue weighted by Crippen LogP contribution is 2.34. The van der Waals surface area contributed by atoms with Gasteiger partial charge in [-0.25, -0.2) is 0 Å². The predicted molar refractivity (Wildman–Crippen MR) is 103 cm³/mol. The van der Waals surface area contributed by atoms with Crippen LogP contribution in [0.25, 0.3) is 0 Å². The minimum absolute atomic E-state index is 0.0658. The molecule has 2 aromatic rings. The third-order valence-electron chi connectivity index (χ3n) is 4.32. The van der Waals surface area contributed by atoms with Crippen molar-refractivity contribution in [3.05, 3.63) is 59.7 Å². The number of nitrogens with zero attached hydrogens (tertiary/aromatic N) is 1. The Hall–Kier alpha value is -2.83. The van der Waals surface area contributed by atoms with Crippen LogP contribution >= 0.6 is 0 Å². The monoisotopic (exact) mass is 392 g/mol. The number of alkyl halides is 3. The van der Waals surface area contributed by atoms with E-state index in [4.69, 9.17) is 0 Å². The van der Waals surface area contributed by atoms with Crippen molar-refractivity contribution in [2.75, 3.05) is 16.8 Å². The van der Waals surface area contributed by atoms with Gasteiger partial charge in [-0.15, -0.1) is 0 Å². The summed E-state index contributed by atoms with van der Waals surface area (Å²) in [7, 11) is 0. The highest BCUT2D eigenvalue weighted by atomic mass is 19.4. The molecule has 2 aromatic carbocycles. The van der Waals surface area contributed by atoms with E-state index in [2.05, 4.69) is 19.2 Å². The largest absolute Gasteiger partial charge is 0.418 e. The Balaban J connectivity index is 2.06. The number of rotatable bonds is 6. The zero-order chi connectivity index (χ0) is 20.9. The Morgan fingerprint density at radius 1 is 1.04 bits per heavy atom. The fourth-order valence-electron chi connectivity index (χ4n) is 2.77. The van der Waals surface area contributed by atoms with Crippen LogP contribution in [0.15, 0.2) is 48.5 Å². The molecule has 0 saturated carbocycles. The van der Waals surface area contributed by atoms with Gasteiger partial charge in [0.2, 0.25) is 11.8 Å². The number of halogens is 3. The molecule has 0 heterocycles. The van der Waals surface area contributed by atoms with Gasteiger partial charge in [0, 0.05) is 25.6 Å². The van der Waals surface area contributed by atoms with Crippen molar-refractivity contribution in [1.29, 1.82) is 0 Å². The minimum atomic E-state index is -4.56. The van der Waals surface area contributed by atoms with E-state index in [0.717, 1.165) is 11.6 Å². The van der Waals surface area contributed by atoms with Crippen LogP contribution in [0, 0.1) is 0 Å². The van der Waals surface area contributed by atoms with E-state index < -0.39 is 17.6 Å². The summed E-state index contributed by atoms with van der Waals surface area (Å²) in [6.45, 7) is 5.56. The maximum absolute atomic E-state index is 13.0. The molecule has 0 fully saturated rings. The number of hydrogen-bond acceptors (Lipinski definition) is 2. The minimum Gasteiger partial charge on any atom is -0.325 e. The fraction of sp³-hybridized carbons (Fsp3) is 0.333. The van der Waals surface area contributed by atoms with Gasteiger partial charge in [-0.05, 0) is 35.7 Å². The quantitative estimate of drug-likeness (QED) is 0.734. The summed E-state index contributed by atoms with van der Waals surface area (Å²) < 4.78 is 39.1. The molecule has 0 spiro atoms. The van der Waals surface area contributed by atoms with Gasteiger partial charge in [0.05, 0.1) is 11.3 Å². The number of carbonyl (C=O) groups is 2. The molecule has 0 aliphatic heterocycles. The summed E-state index contributed by atoms with van der Waals surface area (Å²) in [5.74, 6) is -0.498. The Morgan fingerprint density at radius 2 is 1.64 bits per heavy atom. The van der Waals surface area contributed by atoms with E-state index in [1.165, 1.54) is 30.0 Å². The molecule has 1 N–H and O–H groups in total. The lowest BCUT2D eigenvalue weighted by Gasteiger charge is -2.22. The van der Waals surface area contributed by atoms with Crippen LogP contribution in [0.3, 0.4) is 0 Å². The van der Waals surface area contributed by atoms with Crippen LogP contribution in [0.5, 0.6) is 0 Å². The van der Waals surface area contributed by atoms with Gasteiger partial charge in [0.15, 0.2) is 0 Å². The van der Waals surface area contributed by atoms with Crippen molar-refractivity contribution in [3.8, 4) is 0 Å². The van der Waals surface area contributed by atoms with Crippen molar-refractivity contribution in [1.82, 2.24) is 0 Å². The summed E-state index contributed by atoms with van der Waals surface area (Å²) in [5.41, 5.74) is 0.556. The second-order valence-corrected chi connectivity index (χ2v) is 6.76. The first kappa shape index (κ1) is 21.5. The van der Waals surface area contributed by atoms with Crippen molar-refractivity contribution in [2.45, 2.75) is 39.3 Å². The van der Waals surface area contributed by atoms with Gasteiger partial charge in [0.1, 0.15) is 0 Å². The van der Waals surface area contributed by atoms with Gasteiger partial charge in [-0.2, -0.15) is 13.2 Å². The molecule has 0 aromatic heterocycles. The highest BCUT2D eigenvalue weighted by molar-refractivity contribution is 5.95. The Kier molecular flexibility index (Phi) is 6.83. The van der Waals surface area contributed by atoms with Crippen LogP contribution in [-0.2, 0) is 15.8 Å². The standard InChI is InChI=1S/C21H23F3N2O2/c1-14(2)16-8-10-17(11-9-16)26(15(3)27)13-12-20(28)25-19-7-5-4-6-18(19)21(22,23)24/h4-11,14H,12-13H2,1-3H3,(H,25,28). The molecule has 0 radical (unpaired) electrons. The van der Waals surface area contributed by atoms with Gasteiger partial charge < -0.3 is 10.2 Å². The number of nitrogens with one attached hydrogen (secondary N) is 1. The third kappa shape index (κ3) is 5.58. The average molecular weight is 392 g/mol. The second kappa shape index (κ2) is 8.91. The Bertz CT molecular complexity index is 830. The van der Waals surface area contributed by atoms with E-state index in [0.29, 0.717) is 11.6 Å². The lowest BCUT2D eigenvalue weighted by molar-refractivity contribution is -0.137. The van der Waals surface area contributed by atoms with Crippen LogP contribution in [0.2, 0.25) is 0 Å². The molecule has 2 amide bonds. The van der Waals surface area contributed by atoms with Gasteiger partial charge in [-0.3, -0.25) is 9.59 Å². The van der Waals surface area contributed by atoms with E-state index in [1.54, 1.807) is 12.1 Å². The lowest BCUT2D eigenvalue weighted by atomic mass is 10.0. The number of benzene rings is 2. The molecule has 2 rings (SSSR count). The molecule has 0 aliphatic rings. The van der Waals surface area contributed by atoms with E-state index in [9.17, 15) is 22.8 Å². The van der Waals surface area contributed by atoms with Crippen molar-refractivity contribution in [2.24, 2.45) is 0 Å². The fourth-order valence-corrected chi connectivity index (χ4v) is 2.77. The summed E-state index contributed by atoms with van der Waals surface area (Å²) in [5, 5.41) is 2.29. The van der Waals surface area contributed by atoms with E-state index in [-0.39, 0.29) is 24.6 Å². The van der Waals surface area contributed by atoms with Crippen molar-refractivity contribution in [3.63, 3.8) is 0 Å². The molecular formula is C21H23F3N2O2. The van der Waals surface area contributed by atoms with Crippen molar-refractivity contribution < 1.29 is 22.8 Å². The van der Waals surface area contributed by atoms with Gasteiger partial charge in [-0.1, -0.05) is 38.1 Å². The number of amides is 2. The molecular weight excluding hydrogens is 369 g/mol. The first-order valence-electron chi connectivity index (χ1n) is 8.93. The highest BCUT2D eigenvalue weighted by Gasteiger charge is 2.33. The maximum atomic E-state index is 13.0. The topological polar surface area (TPSA) is 49.4 Å². The van der Waals surface area contributed by atoms with Crippen LogP contribution in [0.1, 0.15) is 44.2 Å². The summed E-state index contributed by atoms with van der Waals surface area (Å²) in [6.07, 6.45) is -4.69. The van der Waals surface area contributed by atoms with E-state index in [1.807, 2.05) is 12.1 Å². The predicted octanol–water partition coefficient (Wildman–Crippen LogP) is 5.21. The maximum Gasteiger partial charge on any atom is 0.418 e. The second-order valence-electron chi connectivity index (χ2n) is 6.76. The molecule has 150 valence electrons. The molecule has 4 nitrogen and oxygen atoms in total. The van der Waals surface area contributed by atoms with Crippen molar-refractivity contribution >= 4 is 23.2 Å². The molecule has 0 aliphatic carbocycles. The SMILES string of the molecule is CC(=O)N(CCC(=O)Nc1ccccc1C(F)(F)F)c1ccc(C(C)C)cc1. The van der Waals surface area contributed by atoms with Crippen LogP contribution in [-0.4, -0.2) is 18.4 Å². The number of hydrogen-bond donors (Lipinski definition) is 1. The van der Waals surface area contributed by atoms with Crippen LogP contribution in [0.4, 0.5) is 24.5 Å². The first-order chi connectivity index (χ1) is 13.1. The summed E-state index contributed by atoms with van der Waals surface area (Å²) >= 11 is 0. The number of anilines is 2. The lowest BCUT2D eigenvalue weighted by Crippen LogP contribution is -2.32. The zero-order valence-electron chi connectivity index (χ0n) is 16.0. The van der Waals surface area contributed by atoms with Gasteiger partial charge in [0.25, 0.3) is 0 Å². The Labute approximate surface area is 162 Å². The average Bonchev–Trinajstić information content (AvgIpc) is 2.61. The normalized spacial score (nSPS) is 11.4. The molecule has 0 bridgehead atoms. The van der Waals surface area contributed by atoms with Gasteiger partial charge >= 0.3 is 6.18 Å². The third-order valence-corrected chi connectivity index (χ3v) is 4.32. The molecule has 0 atom stereocenters. The first-order valence-corrected chi connectivity index (χ1v) is 8.93. The molecule has 7 heteroatoms. The number of carbonyl (C=O) groups excluding carboxylic acids is 2. The Morgan fingerprint density at radius 3 is 2.18 bits per heavy atom.